The maximum atomic E-state index is 13.0. The highest BCUT2D eigenvalue weighted by atomic mass is 35.5. The number of halogens is 1. The van der Waals surface area contributed by atoms with Crippen LogP contribution in [0, 0.1) is 11.8 Å². The van der Waals surface area contributed by atoms with Gasteiger partial charge in [-0.2, -0.15) is 0 Å². The van der Waals surface area contributed by atoms with Crippen molar-refractivity contribution in [3.63, 3.8) is 0 Å². The third-order valence-electron chi connectivity index (χ3n) is 5.79. The van der Waals surface area contributed by atoms with Crippen LogP contribution >= 0.6 is 11.6 Å². The minimum absolute atomic E-state index is 0.00519. The number of hydrogen-bond donors (Lipinski definition) is 0. The van der Waals surface area contributed by atoms with Gasteiger partial charge in [-0.3, -0.25) is 4.79 Å². The van der Waals surface area contributed by atoms with Gasteiger partial charge in [0, 0.05) is 10.9 Å². The second-order valence-electron chi connectivity index (χ2n) is 7.70. The van der Waals surface area contributed by atoms with Crippen LogP contribution in [0.5, 0.6) is 5.75 Å². The largest absolute Gasteiger partial charge is 0.493 e. The standard InChI is InChI=1S/C23H25ClO2/c24-20-11-9-16(10-12-20)13-19-14-18-7-4-8-21(22(18)23(19)25)26-15-17-5-2-1-3-6-17/h4,7-12,17,19H,1-3,5-6,13-15H2. The molecule has 2 aromatic carbocycles. The predicted octanol–water partition coefficient (Wildman–Crippen LogP) is 5.90. The van der Waals surface area contributed by atoms with Gasteiger partial charge in [0.05, 0.1) is 12.2 Å². The van der Waals surface area contributed by atoms with Crippen LogP contribution in [0.15, 0.2) is 42.5 Å². The zero-order chi connectivity index (χ0) is 17.9. The van der Waals surface area contributed by atoms with E-state index < -0.39 is 0 Å². The quantitative estimate of drug-likeness (QED) is 0.657. The van der Waals surface area contributed by atoms with Gasteiger partial charge in [0.2, 0.25) is 0 Å². The molecule has 0 aliphatic heterocycles. The van der Waals surface area contributed by atoms with Crippen molar-refractivity contribution in [1.82, 2.24) is 0 Å². The van der Waals surface area contributed by atoms with Gasteiger partial charge in [-0.15, -0.1) is 0 Å². The highest BCUT2D eigenvalue weighted by Gasteiger charge is 2.33. The lowest BCUT2D eigenvalue weighted by Crippen LogP contribution is -2.17. The molecule has 26 heavy (non-hydrogen) atoms. The first-order valence-electron chi connectivity index (χ1n) is 9.74. The predicted molar refractivity (Wildman–Crippen MR) is 105 cm³/mol. The van der Waals surface area contributed by atoms with Gasteiger partial charge < -0.3 is 4.74 Å². The molecule has 1 fully saturated rings. The Morgan fingerprint density at radius 1 is 1.00 bits per heavy atom. The van der Waals surface area contributed by atoms with E-state index in [0.29, 0.717) is 5.92 Å². The second kappa shape index (κ2) is 7.84. The van der Waals surface area contributed by atoms with Crippen LogP contribution in [0.1, 0.15) is 53.6 Å². The average Bonchev–Trinajstić information content (AvgIpc) is 2.99. The second-order valence-corrected chi connectivity index (χ2v) is 8.14. The number of ketones is 1. The fourth-order valence-corrected chi connectivity index (χ4v) is 4.47. The molecule has 2 aliphatic carbocycles. The van der Waals surface area contributed by atoms with Gasteiger partial charge >= 0.3 is 0 Å². The van der Waals surface area contributed by atoms with Crippen molar-refractivity contribution >= 4 is 17.4 Å². The lowest BCUT2D eigenvalue weighted by molar-refractivity contribution is 0.0931. The highest BCUT2D eigenvalue weighted by Crippen LogP contribution is 2.36. The number of fused-ring (bicyclic) bond motifs is 1. The van der Waals surface area contributed by atoms with Crippen LogP contribution < -0.4 is 4.74 Å². The fraction of sp³-hybridized carbons (Fsp3) is 0.435. The van der Waals surface area contributed by atoms with Crippen molar-refractivity contribution in [3.8, 4) is 5.75 Å². The Kier molecular flexibility index (Phi) is 5.31. The number of rotatable bonds is 5. The minimum atomic E-state index is 0.00519. The van der Waals surface area contributed by atoms with Gasteiger partial charge in [-0.25, -0.2) is 0 Å². The molecular weight excluding hydrogens is 344 g/mol. The molecule has 3 heteroatoms. The van der Waals surface area contributed by atoms with Crippen LogP contribution in [0.4, 0.5) is 0 Å². The van der Waals surface area contributed by atoms with Gasteiger partial charge in [0.1, 0.15) is 5.75 Å². The summed E-state index contributed by atoms with van der Waals surface area (Å²) in [6.07, 6.45) is 8.03. The SMILES string of the molecule is O=C1c2c(cccc2OCC2CCCCC2)CC1Cc1ccc(Cl)cc1. The van der Waals surface area contributed by atoms with E-state index in [0.717, 1.165) is 46.9 Å². The highest BCUT2D eigenvalue weighted by molar-refractivity contribution is 6.30. The molecule has 0 saturated heterocycles. The first kappa shape index (κ1) is 17.6. The van der Waals surface area contributed by atoms with E-state index in [-0.39, 0.29) is 11.7 Å². The number of carbonyl (C=O) groups is 1. The van der Waals surface area contributed by atoms with Crippen LogP contribution in [-0.2, 0) is 12.8 Å². The molecule has 0 heterocycles. The van der Waals surface area contributed by atoms with E-state index in [4.69, 9.17) is 16.3 Å². The summed E-state index contributed by atoms with van der Waals surface area (Å²) < 4.78 is 6.13. The number of carbonyl (C=O) groups excluding carboxylic acids is 1. The summed E-state index contributed by atoms with van der Waals surface area (Å²) in [6.45, 7) is 0.742. The summed E-state index contributed by atoms with van der Waals surface area (Å²) in [5, 5.41) is 0.730. The first-order valence-corrected chi connectivity index (χ1v) is 10.1. The Balaban J connectivity index is 1.46. The molecule has 1 unspecified atom stereocenters. The third kappa shape index (κ3) is 3.81. The normalized spacial score (nSPS) is 20.2. The van der Waals surface area contributed by atoms with E-state index in [1.54, 1.807) is 0 Å². The van der Waals surface area contributed by atoms with Gasteiger partial charge in [-0.1, -0.05) is 55.1 Å². The van der Waals surface area contributed by atoms with Gasteiger partial charge in [-0.05, 0) is 60.9 Å². The molecule has 0 bridgehead atoms. The summed E-state index contributed by atoms with van der Waals surface area (Å²) in [4.78, 5) is 13.0. The number of hydrogen-bond acceptors (Lipinski definition) is 2. The summed E-state index contributed by atoms with van der Waals surface area (Å²) >= 11 is 5.97. The molecular formula is C23H25ClO2. The Labute approximate surface area is 160 Å². The van der Waals surface area contributed by atoms with Gasteiger partial charge in [0.25, 0.3) is 0 Å². The van der Waals surface area contributed by atoms with Crippen LogP contribution in [0.2, 0.25) is 5.02 Å². The van der Waals surface area contributed by atoms with E-state index >= 15 is 0 Å². The lowest BCUT2D eigenvalue weighted by atomic mass is 9.90. The molecule has 2 aromatic rings. The molecule has 0 spiro atoms. The maximum Gasteiger partial charge on any atom is 0.170 e. The molecule has 4 rings (SSSR count). The van der Waals surface area contributed by atoms with Crippen molar-refractivity contribution in [3.05, 3.63) is 64.2 Å². The van der Waals surface area contributed by atoms with Crippen LogP contribution in [0.25, 0.3) is 0 Å². The third-order valence-corrected chi connectivity index (χ3v) is 6.04. The molecule has 0 N–H and O–H groups in total. The zero-order valence-corrected chi connectivity index (χ0v) is 15.8. The number of benzene rings is 2. The smallest absolute Gasteiger partial charge is 0.170 e. The Hall–Kier alpha value is -1.80. The fourth-order valence-electron chi connectivity index (χ4n) is 4.34. The molecule has 0 aromatic heterocycles. The Morgan fingerprint density at radius 2 is 1.77 bits per heavy atom. The van der Waals surface area contributed by atoms with E-state index in [1.165, 1.54) is 32.1 Å². The molecule has 0 radical (unpaired) electrons. The van der Waals surface area contributed by atoms with Crippen LogP contribution in [-0.4, -0.2) is 12.4 Å². The Morgan fingerprint density at radius 3 is 2.54 bits per heavy atom. The number of Topliss-reactive ketones (excluding diaryl/α,β-unsaturated/α-hetero) is 1. The topological polar surface area (TPSA) is 26.3 Å². The van der Waals surface area contributed by atoms with E-state index in [2.05, 4.69) is 6.07 Å². The molecule has 2 nitrogen and oxygen atoms in total. The van der Waals surface area contributed by atoms with Crippen molar-refractivity contribution in [1.29, 1.82) is 0 Å². The zero-order valence-electron chi connectivity index (χ0n) is 15.0. The summed E-state index contributed by atoms with van der Waals surface area (Å²) in [5.41, 5.74) is 3.11. The van der Waals surface area contributed by atoms with Crippen molar-refractivity contribution < 1.29 is 9.53 Å². The average molecular weight is 369 g/mol. The summed E-state index contributed by atoms with van der Waals surface area (Å²) in [7, 11) is 0. The van der Waals surface area contributed by atoms with Crippen LogP contribution in [0.3, 0.4) is 0 Å². The molecule has 136 valence electrons. The monoisotopic (exact) mass is 368 g/mol. The maximum absolute atomic E-state index is 13.0. The summed E-state index contributed by atoms with van der Waals surface area (Å²) in [5.74, 6) is 1.66. The molecule has 1 atom stereocenters. The van der Waals surface area contributed by atoms with Crippen molar-refractivity contribution in [2.24, 2.45) is 11.8 Å². The summed E-state index contributed by atoms with van der Waals surface area (Å²) in [6, 6.07) is 13.9. The Bertz CT molecular complexity index is 775. The first-order chi connectivity index (χ1) is 12.7. The molecule has 0 amide bonds. The van der Waals surface area contributed by atoms with E-state index in [9.17, 15) is 4.79 Å². The lowest BCUT2D eigenvalue weighted by Gasteiger charge is -2.22. The van der Waals surface area contributed by atoms with Crippen molar-refractivity contribution in [2.75, 3.05) is 6.61 Å². The molecule has 1 saturated carbocycles. The molecule has 2 aliphatic rings. The van der Waals surface area contributed by atoms with Crippen molar-refractivity contribution in [2.45, 2.75) is 44.9 Å². The van der Waals surface area contributed by atoms with E-state index in [1.807, 2.05) is 36.4 Å². The number of ether oxygens (including phenoxy) is 1. The van der Waals surface area contributed by atoms with Gasteiger partial charge in [0.15, 0.2) is 5.78 Å². The minimum Gasteiger partial charge on any atom is -0.493 e.